The summed E-state index contributed by atoms with van der Waals surface area (Å²) in [6, 6.07) is 20.6. The summed E-state index contributed by atoms with van der Waals surface area (Å²) < 4.78 is 2.18. The first-order chi connectivity index (χ1) is 13.7. The van der Waals surface area contributed by atoms with Crippen molar-refractivity contribution >= 4 is 16.8 Å². The summed E-state index contributed by atoms with van der Waals surface area (Å²) in [5.41, 5.74) is 4.12. The summed E-state index contributed by atoms with van der Waals surface area (Å²) in [7, 11) is 2.06. The Labute approximate surface area is 166 Å². The zero-order chi connectivity index (χ0) is 19.5. The first kappa shape index (κ1) is 18.3. The number of likely N-dealkylation sites (tertiary alicyclic amines) is 1. The minimum atomic E-state index is 0.240. The van der Waals surface area contributed by atoms with E-state index in [2.05, 4.69) is 28.7 Å². The van der Waals surface area contributed by atoms with E-state index in [1.807, 2.05) is 48.5 Å². The molecule has 1 amide bonds. The second-order valence-corrected chi connectivity index (χ2v) is 7.66. The van der Waals surface area contributed by atoms with Crippen LogP contribution in [-0.2, 0) is 24.7 Å². The number of fused-ring (bicyclic) bond motifs is 1. The van der Waals surface area contributed by atoms with Crippen LogP contribution in [0.4, 0.5) is 0 Å². The lowest BCUT2D eigenvalue weighted by Gasteiger charge is -2.25. The Morgan fingerprint density at radius 2 is 2.00 bits per heavy atom. The highest BCUT2D eigenvalue weighted by molar-refractivity contribution is 5.82. The lowest BCUT2D eigenvalue weighted by atomic mass is 10.1. The molecule has 0 N–H and O–H groups in total. The van der Waals surface area contributed by atoms with Gasteiger partial charge in [0.15, 0.2) is 0 Å². The Morgan fingerprint density at radius 1 is 1.18 bits per heavy atom. The van der Waals surface area contributed by atoms with E-state index in [0.717, 1.165) is 43.3 Å². The van der Waals surface area contributed by atoms with E-state index in [1.54, 1.807) is 0 Å². The fourth-order valence-corrected chi connectivity index (χ4v) is 4.35. The normalized spacial score (nSPS) is 16.4. The summed E-state index contributed by atoms with van der Waals surface area (Å²) in [6.45, 7) is 0.872. The van der Waals surface area contributed by atoms with Gasteiger partial charge in [0.05, 0.1) is 18.1 Å². The van der Waals surface area contributed by atoms with Gasteiger partial charge in [-0.15, -0.1) is 0 Å². The largest absolute Gasteiger partial charge is 0.348 e. The van der Waals surface area contributed by atoms with Gasteiger partial charge in [0.1, 0.15) is 0 Å². The molecule has 1 aliphatic rings. The summed E-state index contributed by atoms with van der Waals surface area (Å²) >= 11 is 0. The van der Waals surface area contributed by atoms with E-state index in [0.29, 0.717) is 18.0 Å². The number of rotatable bonds is 5. The predicted octanol–water partition coefficient (Wildman–Crippen LogP) is 4.22. The zero-order valence-corrected chi connectivity index (χ0v) is 16.3. The monoisotopic (exact) mass is 371 g/mol. The number of hydrogen-bond acceptors (Lipinski definition) is 2. The van der Waals surface area contributed by atoms with Gasteiger partial charge < -0.3 is 9.47 Å². The molecule has 1 atom stereocenters. The summed E-state index contributed by atoms with van der Waals surface area (Å²) in [5, 5.41) is 10.3. The molecular formula is C24H25N3O. The topological polar surface area (TPSA) is 49.0 Å². The molecule has 1 aliphatic heterocycles. The Balaban J connectivity index is 1.44. The SMILES string of the molecule is Cn1c(CCC2CCCN2C(=O)Cc2ccccc2)cc2ccc(C#N)cc21. The van der Waals surface area contributed by atoms with Gasteiger partial charge in [-0.1, -0.05) is 36.4 Å². The van der Waals surface area contributed by atoms with Gasteiger partial charge in [0.25, 0.3) is 0 Å². The molecule has 1 saturated heterocycles. The Kier molecular flexibility index (Phi) is 5.16. The van der Waals surface area contributed by atoms with E-state index < -0.39 is 0 Å². The number of aromatic nitrogens is 1. The van der Waals surface area contributed by atoms with Crippen molar-refractivity contribution in [1.29, 1.82) is 5.26 Å². The molecule has 3 aromatic rings. The fraction of sp³-hybridized carbons (Fsp3) is 0.333. The maximum atomic E-state index is 12.8. The number of carbonyl (C=O) groups excluding carboxylic acids is 1. The van der Waals surface area contributed by atoms with Gasteiger partial charge in [0, 0.05) is 30.8 Å². The molecule has 1 fully saturated rings. The number of nitrogens with zero attached hydrogens (tertiary/aromatic N) is 3. The Bertz CT molecular complexity index is 1030. The van der Waals surface area contributed by atoms with Gasteiger partial charge >= 0.3 is 0 Å². The van der Waals surface area contributed by atoms with Crippen molar-refractivity contribution in [2.75, 3.05) is 6.54 Å². The second-order valence-electron chi connectivity index (χ2n) is 7.66. The smallest absolute Gasteiger partial charge is 0.227 e. The van der Waals surface area contributed by atoms with Crippen LogP contribution in [-0.4, -0.2) is 28.0 Å². The quantitative estimate of drug-likeness (QED) is 0.674. The molecular weight excluding hydrogens is 346 g/mol. The molecule has 4 nitrogen and oxygen atoms in total. The van der Waals surface area contributed by atoms with Crippen molar-refractivity contribution in [1.82, 2.24) is 9.47 Å². The first-order valence-electron chi connectivity index (χ1n) is 9.97. The highest BCUT2D eigenvalue weighted by atomic mass is 16.2. The van der Waals surface area contributed by atoms with Crippen molar-refractivity contribution in [3.05, 3.63) is 71.4 Å². The maximum Gasteiger partial charge on any atom is 0.227 e. The molecule has 142 valence electrons. The Morgan fingerprint density at radius 3 is 2.79 bits per heavy atom. The highest BCUT2D eigenvalue weighted by Crippen LogP contribution is 2.26. The number of benzene rings is 2. The van der Waals surface area contributed by atoms with Crippen LogP contribution >= 0.6 is 0 Å². The van der Waals surface area contributed by atoms with Crippen LogP contribution in [0.2, 0.25) is 0 Å². The van der Waals surface area contributed by atoms with E-state index in [-0.39, 0.29) is 5.91 Å². The number of amides is 1. The third-order valence-corrected chi connectivity index (χ3v) is 5.90. The zero-order valence-electron chi connectivity index (χ0n) is 16.3. The molecule has 0 radical (unpaired) electrons. The molecule has 4 rings (SSSR count). The first-order valence-corrected chi connectivity index (χ1v) is 9.97. The predicted molar refractivity (Wildman–Crippen MR) is 111 cm³/mol. The number of nitriles is 1. The average molecular weight is 371 g/mol. The molecule has 2 heterocycles. The Hall–Kier alpha value is -3.06. The van der Waals surface area contributed by atoms with Crippen LogP contribution in [0.15, 0.2) is 54.6 Å². The van der Waals surface area contributed by atoms with Crippen LogP contribution in [0.1, 0.15) is 36.1 Å². The van der Waals surface area contributed by atoms with Gasteiger partial charge in [0.2, 0.25) is 5.91 Å². The van der Waals surface area contributed by atoms with Crippen LogP contribution in [0.25, 0.3) is 10.9 Å². The lowest BCUT2D eigenvalue weighted by Crippen LogP contribution is -2.36. The van der Waals surface area contributed by atoms with Crippen LogP contribution in [0.5, 0.6) is 0 Å². The molecule has 2 aromatic carbocycles. The van der Waals surface area contributed by atoms with Crippen LogP contribution < -0.4 is 0 Å². The van der Waals surface area contributed by atoms with E-state index in [9.17, 15) is 4.79 Å². The number of hydrogen-bond donors (Lipinski definition) is 0. The van der Waals surface area contributed by atoms with Crippen molar-refractivity contribution in [2.24, 2.45) is 7.05 Å². The van der Waals surface area contributed by atoms with Gasteiger partial charge in [-0.05, 0) is 54.8 Å². The summed E-state index contributed by atoms with van der Waals surface area (Å²) in [5.74, 6) is 0.240. The minimum Gasteiger partial charge on any atom is -0.348 e. The van der Waals surface area contributed by atoms with Crippen molar-refractivity contribution in [2.45, 2.75) is 38.1 Å². The molecule has 4 heteroatoms. The van der Waals surface area contributed by atoms with Gasteiger partial charge in [-0.3, -0.25) is 4.79 Å². The molecule has 1 aromatic heterocycles. The third kappa shape index (κ3) is 3.66. The second kappa shape index (κ2) is 7.90. The van der Waals surface area contributed by atoms with Gasteiger partial charge in [-0.2, -0.15) is 5.26 Å². The third-order valence-electron chi connectivity index (χ3n) is 5.90. The standard InChI is InChI=1S/C24H25N3O/c1-26-22(16-20-10-9-19(17-25)14-23(20)26)12-11-21-8-5-13-27(21)24(28)15-18-6-3-2-4-7-18/h2-4,6-7,9-10,14,16,21H,5,8,11-13,15H2,1H3. The maximum absolute atomic E-state index is 12.8. The van der Waals surface area contributed by atoms with Crippen LogP contribution in [0.3, 0.4) is 0 Å². The van der Waals surface area contributed by atoms with Crippen molar-refractivity contribution in [3.8, 4) is 6.07 Å². The molecule has 0 spiro atoms. The lowest BCUT2D eigenvalue weighted by molar-refractivity contribution is -0.131. The molecule has 0 saturated carbocycles. The van der Waals surface area contributed by atoms with E-state index in [1.165, 1.54) is 11.1 Å². The van der Waals surface area contributed by atoms with Crippen LogP contribution in [0, 0.1) is 11.3 Å². The molecule has 0 bridgehead atoms. The van der Waals surface area contributed by atoms with Gasteiger partial charge in [-0.25, -0.2) is 0 Å². The van der Waals surface area contributed by atoms with Crippen molar-refractivity contribution < 1.29 is 4.79 Å². The molecule has 0 aliphatic carbocycles. The van der Waals surface area contributed by atoms with E-state index >= 15 is 0 Å². The minimum absolute atomic E-state index is 0.240. The highest BCUT2D eigenvalue weighted by Gasteiger charge is 2.28. The number of aryl methyl sites for hydroxylation is 2. The van der Waals surface area contributed by atoms with Crippen molar-refractivity contribution in [3.63, 3.8) is 0 Å². The fourth-order valence-electron chi connectivity index (χ4n) is 4.35. The summed E-state index contributed by atoms with van der Waals surface area (Å²) in [6.07, 6.45) is 4.58. The molecule has 28 heavy (non-hydrogen) atoms. The summed E-state index contributed by atoms with van der Waals surface area (Å²) in [4.78, 5) is 14.9. The average Bonchev–Trinajstić information content (AvgIpc) is 3.31. The van der Waals surface area contributed by atoms with E-state index in [4.69, 9.17) is 5.26 Å². The number of carbonyl (C=O) groups is 1. The molecule has 1 unspecified atom stereocenters.